The minimum atomic E-state index is -0.538. The Bertz CT molecular complexity index is 625. The van der Waals surface area contributed by atoms with E-state index in [2.05, 4.69) is 22.4 Å². The van der Waals surface area contributed by atoms with Crippen molar-refractivity contribution in [2.24, 2.45) is 11.7 Å². The smallest absolute Gasteiger partial charge is 0.246 e. The average Bonchev–Trinajstić information content (AvgIpc) is 3.00. The van der Waals surface area contributed by atoms with E-state index in [1.165, 1.54) is 5.56 Å². The SMILES string of the molecule is CCc1ccc(-c2noc(CNC(=O)[C@@H](N)C(C)C)n2)cc1.Cl. The van der Waals surface area contributed by atoms with E-state index in [9.17, 15) is 4.79 Å². The zero-order chi connectivity index (χ0) is 16.1. The summed E-state index contributed by atoms with van der Waals surface area (Å²) in [6, 6.07) is 7.45. The van der Waals surface area contributed by atoms with Gasteiger partial charge in [-0.2, -0.15) is 4.98 Å². The zero-order valence-electron chi connectivity index (χ0n) is 13.6. The van der Waals surface area contributed by atoms with Gasteiger partial charge in [-0.15, -0.1) is 12.4 Å². The third-order valence-corrected chi connectivity index (χ3v) is 3.52. The largest absolute Gasteiger partial charge is 0.346 e. The summed E-state index contributed by atoms with van der Waals surface area (Å²) in [6.07, 6.45) is 0.986. The van der Waals surface area contributed by atoms with Gasteiger partial charge in [0.2, 0.25) is 17.6 Å². The second-order valence-electron chi connectivity index (χ2n) is 5.55. The molecule has 1 aromatic carbocycles. The van der Waals surface area contributed by atoms with E-state index in [-0.39, 0.29) is 30.8 Å². The van der Waals surface area contributed by atoms with Crippen LogP contribution in [0.15, 0.2) is 28.8 Å². The van der Waals surface area contributed by atoms with E-state index >= 15 is 0 Å². The lowest BCUT2D eigenvalue weighted by atomic mass is 10.1. The van der Waals surface area contributed by atoms with Gasteiger partial charge in [0.15, 0.2) is 0 Å². The number of carbonyl (C=O) groups excluding carboxylic acids is 1. The lowest BCUT2D eigenvalue weighted by molar-refractivity contribution is -0.123. The van der Waals surface area contributed by atoms with Crippen LogP contribution in [0, 0.1) is 5.92 Å². The molecule has 0 spiro atoms. The van der Waals surface area contributed by atoms with Crippen molar-refractivity contribution in [2.75, 3.05) is 0 Å². The molecule has 6 nitrogen and oxygen atoms in total. The van der Waals surface area contributed by atoms with Crippen molar-refractivity contribution in [1.82, 2.24) is 15.5 Å². The van der Waals surface area contributed by atoms with Crippen molar-refractivity contribution in [1.29, 1.82) is 0 Å². The molecule has 23 heavy (non-hydrogen) atoms. The molecular formula is C16H23ClN4O2. The van der Waals surface area contributed by atoms with Gasteiger partial charge in [0, 0.05) is 5.56 Å². The van der Waals surface area contributed by atoms with Crippen LogP contribution in [0.5, 0.6) is 0 Å². The normalized spacial score (nSPS) is 11.9. The average molecular weight is 339 g/mol. The zero-order valence-corrected chi connectivity index (χ0v) is 14.4. The van der Waals surface area contributed by atoms with Crippen molar-refractivity contribution in [3.63, 3.8) is 0 Å². The Morgan fingerprint density at radius 1 is 1.30 bits per heavy atom. The number of halogens is 1. The molecule has 3 N–H and O–H groups in total. The number of benzene rings is 1. The molecule has 0 unspecified atom stereocenters. The van der Waals surface area contributed by atoms with Crippen LogP contribution in [-0.4, -0.2) is 22.1 Å². The van der Waals surface area contributed by atoms with Gasteiger partial charge in [-0.25, -0.2) is 0 Å². The molecule has 126 valence electrons. The summed E-state index contributed by atoms with van der Waals surface area (Å²) in [5.74, 6) is 0.733. The number of aryl methyl sites for hydroxylation is 1. The molecule has 1 amide bonds. The maximum Gasteiger partial charge on any atom is 0.246 e. The Labute approximate surface area is 142 Å². The third-order valence-electron chi connectivity index (χ3n) is 3.52. The van der Waals surface area contributed by atoms with E-state index in [0.29, 0.717) is 11.7 Å². The van der Waals surface area contributed by atoms with Crippen LogP contribution in [0.25, 0.3) is 11.4 Å². The number of nitrogens with two attached hydrogens (primary N) is 1. The summed E-state index contributed by atoms with van der Waals surface area (Å²) in [4.78, 5) is 16.1. The van der Waals surface area contributed by atoms with Crippen LogP contribution >= 0.6 is 12.4 Å². The minimum absolute atomic E-state index is 0. The van der Waals surface area contributed by atoms with Crippen LogP contribution < -0.4 is 11.1 Å². The molecule has 0 saturated heterocycles. The first-order valence-corrected chi connectivity index (χ1v) is 7.46. The van der Waals surface area contributed by atoms with Crippen molar-refractivity contribution in [3.8, 4) is 11.4 Å². The molecule has 0 fully saturated rings. The highest BCUT2D eigenvalue weighted by atomic mass is 35.5. The summed E-state index contributed by atoms with van der Waals surface area (Å²) >= 11 is 0. The topological polar surface area (TPSA) is 94.0 Å². The third kappa shape index (κ3) is 5.04. The first-order valence-electron chi connectivity index (χ1n) is 7.46. The Hall–Kier alpha value is -1.92. The first kappa shape index (κ1) is 19.1. The molecule has 0 aliphatic carbocycles. The number of amides is 1. The molecule has 0 aliphatic rings. The Kier molecular flexibility index (Phi) is 7.19. The van der Waals surface area contributed by atoms with Gasteiger partial charge >= 0.3 is 0 Å². The predicted molar refractivity (Wildman–Crippen MR) is 91.0 cm³/mol. The summed E-state index contributed by atoms with van der Waals surface area (Å²) in [5, 5.41) is 6.63. The Morgan fingerprint density at radius 3 is 2.52 bits per heavy atom. The molecule has 1 aromatic heterocycles. The van der Waals surface area contributed by atoms with E-state index in [1.807, 2.05) is 38.1 Å². The van der Waals surface area contributed by atoms with Crippen molar-refractivity contribution >= 4 is 18.3 Å². The standard InChI is InChI=1S/C16H22N4O2.ClH/c1-4-11-5-7-12(8-6-11)15-19-13(22-20-15)9-18-16(21)14(17)10(2)3;/h5-8,10,14H,4,9,17H2,1-3H3,(H,18,21);1H/t14-;/m0./s1. The fourth-order valence-electron chi connectivity index (χ4n) is 1.92. The van der Waals surface area contributed by atoms with Crippen LogP contribution in [-0.2, 0) is 17.8 Å². The van der Waals surface area contributed by atoms with Crippen molar-refractivity contribution in [3.05, 3.63) is 35.7 Å². The van der Waals surface area contributed by atoms with Gasteiger partial charge in [0.1, 0.15) is 0 Å². The fourth-order valence-corrected chi connectivity index (χ4v) is 1.92. The summed E-state index contributed by atoms with van der Waals surface area (Å²) in [7, 11) is 0. The maximum absolute atomic E-state index is 11.8. The van der Waals surface area contributed by atoms with Crippen LogP contribution in [0.2, 0.25) is 0 Å². The number of hydrogen-bond acceptors (Lipinski definition) is 5. The van der Waals surface area contributed by atoms with E-state index < -0.39 is 6.04 Å². The van der Waals surface area contributed by atoms with Gasteiger partial charge in [-0.05, 0) is 17.9 Å². The van der Waals surface area contributed by atoms with Gasteiger partial charge in [-0.1, -0.05) is 50.2 Å². The Morgan fingerprint density at radius 2 is 1.96 bits per heavy atom. The summed E-state index contributed by atoms with van der Waals surface area (Å²) in [6.45, 7) is 6.08. The quantitative estimate of drug-likeness (QED) is 0.843. The molecule has 0 aliphatic heterocycles. The van der Waals surface area contributed by atoms with E-state index in [0.717, 1.165) is 12.0 Å². The molecule has 2 rings (SSSR count). The van der Waals surface area contributed by atoms with Crippen LogP contribution in [0.1, 0.15) is 32.2 Å². The highest BCUT2D eigenvalue weighted by Crippen LogP contribution is 2.16. The van der Waals surface area contributed by atoms with Crippen molar-refractivity contribution < 1.29 is 9.32 Å². The number of rotatable bonds is 6. The predicted octanol–water partition coefficient (Wildman–Crippen LogP) is 2.32. The van der Waals surface area contributed by atoms with E-state index in [1.54, 1.807) is 0 Å². The first-order chi connectivity index (χ1) is 10.5. The van der Waals surface area contributed by atoms with Crippen LogP contribution in [0.4, 0.5) is 0 Å². The number of nitrogens with zero attached hydrogens (tertiary/aromatic N) is 2. The monoisotopic (exact) mass is 338 g/mol. The van der Waals surface area contributed by atoms with Crippen molar-refractivity contribution in [2.45, 2.75) is 39.8 Å². The summed E-state index contributed by atoms with van der Waals surface area (Å²) < 4.78 is 5.15. The van der Waals surface area contributed by atoms with Gasteiger partial charge in [0.25, 0.3) is 0 Å². The molecule has 1 atom stereocenters. The highest BCUT2D eigenvalue weighted by Gasteiger charge is 2.17. The van der Waals surface area contributed by atoms with E-state index in [4.69, 9.17) is 10.3 Å². The minimum Gasteiger partial charge on any atom is -0.346 e. The lowest BCUT2D eigenvalue weighted by Gasteiger charge is -2.14. The molecular weight excluding hydrogens is 316 g/mol. The van der Waals surface area contributed by atoms with Crippen LogP contribution in [0.3, 0.4) is 0 Å². The van der Waals surface area contributed by atoms with Gasteiger partial charge in [-0.3, -0.25) is 4.79 Å². The van der Waals surface area contributed by atoms with Gasteiger partial charge in [0.05, 0.1) is 12.6 Å². The number of carbonyl (C=O) groups is 1. The molecule has 0 saturated carbocycles. The number of nitrogens with one attached hydrogen (secondary N) is 1. The fraction of sp³-hybridized carbons (Fsp3) is 0.438. The second-order valence-corrected chi connectivity index (χ2v) is 5.55. The molecule has 2 aromatic rings. The molecule has 7 heteroatoms. The molecule has 1 heterocycles. The molecule has 0 bridgehead atoms. The maximum atomic E-state index is 11.8. The summed E-state index contributed by atoms with van der Waals surface area (Å²) in [5.41, 5.74) is 7.91. The Balaban J connectivity index is 0.00000264. The number of hydrogen-bond donors (Lipinski definition) is 2. The lowest BCUT2D eigenvalue weighted by Crippen LogP contribution is -2.43. The van der Waals surface area contributed by atoms with Gasteiger partial charge < -0.3 is 15.6 Å². The molecule has 0 radical (unpaired) electrons. The highest BCUT2D eigenvalue weighted by molar-refractivity contribution is 5.85. The second kappa shape index (κ2) is 8.64. The number of aromatic nitrogens is 2.